The Morgan fingerprint density at radius 2 is 1.84 bits per heavy atom. The number of ether oxygens (including phenoxy) is 1. The van der Waals surface area contributed by atoms with Crippen molar-refractivity contribution >= 4 is 5.78 Å². The average molecular weight is 269 g/mol. The quantitative estimate of drug-likeness (QED) is 0.852. The molecule has 1 aliphatic rings. The zero-order valence-corrected chi connectivity index (χ0v) is 13.7. The molecule has 0 spiro atoms. The van der Waals surface area contributed by atoms with E-state index in [-0.39, 0.29) is 34.4 Å². The average Bonchev–Trinajstić information content (AvgIpc) is 2.30. The first-order valence-corrected chi connectivity index (χ1v) is 7.31. The van der Waals surface area contributed by atoms with Crippen LogP contribution < -0.4 is 5.73 Å². The first-order valence-electron chi connectivity index (χ1n) is 7.31. The largest absolute Gasteiger partial charge is 0.369 e. The number of hydrogen-bond acceptors (Lipinski definition) is 3. The van der Waals surface area contributed by atoms with Crippen molar-refractivity contribution in [1.29, 1.82) is 0 Å². The molecule has 19 heavy (non-hydrogen) atoms. The Balaban J connectivity index is 2.64. The number of Topliss-reactive ketones (excluding diaryl/α,β-unsaturated/α-hetero) is 1. The van der Waals surface area contributed by atoms with Crippen molar-refractivity contribution in [3.8, 4) is 0 Å². The third kappa shape index (κ3) is 4.88. The Bertz CT molecular complexity index is 339. The minimum Gasteiger partial charge on any atom is -0.369 e. The fourth-order valence-electron chi connectivity index (χ4n) is 3.32. The van der Waals surface area contributed by atoms with E-state index in [1.165, 1.54) is 0 Å². The van der Waals surface area contributed by atoms with E-state index < -0.39 is 0 Å². The number of rotatable bonds is 4. The molecule has 1 rings (SSSR count). The van der Waals surface area contributed by atoms with E-state index in [1.807, 2.05) is 13.8 Å². The summed E-state index contributed by atoms with van der Waals surface area (Å²) in [6, 6.07) is -0.0491. The highest BCUT2D eigenvalue weighted by Gasteiger charge is 2.49. The second-order valence-electron chi connectivity index (χ2n) is 8.42. The highest BCUT2D eigenvalue weighted by atomic mass is 16.5. The number of hydrogen-bond donors (Lipinski definition) is 1. The molecule has 1 aliphatic heterocycles. The van der Waals surface area contributed by atoms with Gasteiger partial charge in [0.15, 0.2) is 0 Å². The van der Waals surface area contributed by atoms with E-state index in [4.69, 9.17) is 10.5 Å². The minimum absolute atomic E-state index is 0.0338. The predicted molar refractivity (Wildman–Crippen MR) is 79.0 cm³/mol. The van der Waals surface area contributed by atoms with Crippen LogP contribution in [-0.2, 0) is 9.53 Å². The fourth-order valence-corrected chi connectivity index (χ4v) is 3.32. The van der Waals surface area contributed by atoms with E-state index in [2.05, 4.69) is 34.6 Å². The summed E-state index contributed by atoms with van der Waals surface area (Å²) in [5.41, 5.74) is 5.71. The highest BCUT2D eigenvalue weighted by molar-refractivity contribution is 5.83. The predicted octanol–water partition coefficient (Wildman–Crippen LogP) is 3.30. The van der Waals surface area contributed by atoms with E-state index in [9.17, 15) is 4.79 Å². The molecule has 3 nitrogen and oxygen atoms in total. The Hall–Kier alpha value is -0.410. The van der Waals surface area contributed by atoms with E-state index in [0.29, 0.717) is 6.42 Å². The van der Waals surface area contributed by atoms with Crippen LogP contribution in [0, 0.1) is 11.3 Å². The second kappa shape index (κ2) is 5.17. The SMILES string of the molecule is CC(C)(C)CC(N)CC(=O)C1CC(C)(C)OC1(C)C. The van der Waals surface area contributed by atoms with Gasteiger partial charge < -0.3 is 10.5 Å². The molecule has 0 aromatic rings. The molecular formula is C16H31NO2. The molecule has 2 atom stereocenters. The molecule has 0 amide bonds. The maximum atomic E-state index is 12.5. The molecule has 0 aromatic carbocycles. The maximum absolute atomic E-state index is 12.5. The van der Waals surface area contributed by atoms with Crippen molar-refractivity contribution in [1.82, 2.24) is 0 Å². The molecule has 112 valence electrons. The van der Waals surface area contributed by atoms with Gasteiger partial charge in [0.05, 0.1) is 11.2 Å². The number of ketones is 1. The third-order valence-corrected chi connectivity index (χ3v) is 3.80. The van der Waals surface area contributed by atoms with Gasteiger partial charge in [-0.2, -0.15) is 0 Å². The molecule has 3 heteroatoms. The van der Waals surface area contributed by atoms with E-state index in [0.717, 1.165) is 12.8 Å². The van der Waals surface area contributed by atoms with E-state index in [1.54, 1.807) is 0 Å². The van der Waals surface area contributed by atoms with Crippen molar-refractivity contribution < 1.29 is 9.53 Å². The summed E-state index contributed by atoms with van der Waals surface area (Å²) < 4.78 is 5.99. The Labute approximate surface area is 118 Å². The monoisotopic (exact) mass is 269 g/mol. The Kier molecular flexibility index (Phi) is 4.53. The Morgan fingerprint density at radius 3 is 2.21 bits per heavy atom. The molecule has 0 aromatic heterocycles. The van der Waals surface area contributed by atoms with Gasteiger partial charge >= 0.3 is 0 Å². The van der Waals surface area contributed by atoms with Gasteiger partial charge in [-0.1, -0.05) is 20.8 Å². The van der Waals surface area contributed by atoms with Gasteiger partial charge in [-0.3, -0.25) is 4.79 Å². The zero-order chi connectivity index (χ0) is 15.1. The molecule has 1 heterocycles. The summed E-state index contributed by atoms with van der Waals surface area (Å²) in [6.45, 7) is 14.6. The molecule has 0 bridgehead atoms. The maximum Gasteiger partial charge on any atom is 0.140 e. The van der Waals surface area contributed by atoms with Crippen LogP contribution >= 0.6 is 0 Å². The van der Waals surface area contributed by atoms with Crippen LogP contribution in [0.5, 0.6) is 0 Å². The van der Waals surface area contributed by atoms with Gasteiger partial charge in [-0.15, -0.1) is 0 Å². The smallest absolute Gasteiger partial charge is 0.140 e. The summed E-state index contributed by atoms with van der Waals surface area (Å²) in [7, 11) is 0. The zero-order valence-electron chi connectivity index (χ0n) is 13.7. The minimum atomic E-state index is -0.373. The number of nitrogens with two attached hydrogens (primary N) is 1. The molecule has 2 N–H and O–H groups in total. The molecule has 1 saturated heterocycles. The summed E-state index contributed by atoms with van der Waals surface area (Å²) >= 11 is 0. The summed E-state index contributed by atoms with van der Waals surface area (Å²) in [6.07, 6.45) is 2.13. The first kappa shape index (κ1) is 16.6. The normalized spacial score (nSPS) is 27.3. The van der Waals surface area contributed by atoms with Gasteiger partial charge in [0.25, 0.3) is 0 Å². The topological polar surface area (TPSA) is 52.3 Å². The summed E-state index contributed by atoms with van der Waals surface area (Å²) in [4.78, 5) is 12.5. The van der Waals surface area contributed by atoms with Gasteiger partial charge in [0, 0.05) is 18.4 Å². The van der Waals surface area contributed by atoms with Crippen LogP contribution in [0.25, 0.3) is 0 Å². The van der Waals surface area contributed by atoms with Crippen LogP contribution in [0.2, 0.25) is 0 Å². The lowest BCUT2D eigenvalue weighted by Gasteiger charge is -2.28. The number of carbonyl (C=O) groups is 1. The van der Waals surface area contributed by atoms with Gasteiger partial charge in [0.2, 0.25) is 0 Å². The van der Waals surface area contributed by atoms with Crippen molar-refractivity contribution in [3.63, 3.8) is 0 Å². The van der Waals surface area contributed by atoms with Gasteiger partial charge in [-0.05, 0) is 46.0 Å². The van der Waals surface area contributed by atoms with Crippen molar-refractivity contribution in [2.24, 2.45) is 17.1 Å². The fraction of sp³-hybridized carbons (Fsp3) is 0.938. The van der Waals surface area contributed by atoms with Crippen LogP contribution in [-0.4, -0.2) is 23.0 Å². The highest BCUT2D eigenvalue weighted by Crippen LogP contribution is 2.43. The van der Waals surface area contributed by atoms with Gasteiger partial charge in [-0.25, -0.2) is 0 Å². The van der Waals surface area contributed by atoms with Crippen molar-refractivity contribution in [3.05, 3.63) is 0 Å². The summed E-state index contributed by atoms with van der Waals surface area (Å²) in [5, 5.41) is 0. The summed E-state index contributed by atoms with van der Waals surface area (Å²) in [5.74, 6) is 0.223. The molecule has 0 radical (unpaired) electrons. The third-order valence-electron chi connectivity index (χ3n) is 3.80. The molecule has 0 saturated carbocycles. The molecular weight excluding hydrogens is 238 g/mol. The van der Waals surface area contributed by atoms with Crippen LogP contribution in [0.3, 0.4) is 0 Å². The van der Waals surface area contributed by atoms with Crippen molar-refractivity contribution in [2.45, 2.75) is 85.0 Å². The molecule has 0 aliphatic carbocycles. The van der Waals surface area contributed by atoms with Gasteiger partial charge in [0.1, 0.15) is 5.78 Å². The van der Waals surface area contributed by atoms with Crippen molar-refractivity contribution in [2.75, 3.05) is 0 Å². The standard InChI is InChI=1S/C16H31NO2/c1-14(2,3)9-11(17)8-13(18)12-10-15(4,5)19-16(12,6)7/h11-12H,8-10,17H2,1-7H3. The lowest BCUT2D eigenvalue weighted by atomic mass is 9.80. The first-order chi connectivity index (χ1) is 8.32. The number of carbonyl (C=O) groups excluding carboxylic acids is 1. The van der Waals surface area contributed by atoms with Crippen LogP contribution in [0.1, 0.15) is 67.7 Å². The van der Waals surface area contributed by atoms with Crippen LogP contribution in [0.15, 0.2) is 0 Å². The van der Waals surface area contributed by atoms with Crippen LogP contribution in [0.4, 0.5) is 0 Å². The molecule has 2 unspecified atom stereocenters. The second-order valence-corrected chi connectivity index (χ2v) is 8.42. The lowest BCUT2D eigenvalue weighted by molar-refractivity contribution is -0.129. The van der Waals surface area contributed by atoms with E-state index >= 15 is 0 Å². The Morgan fingerprint density at radius 1 is 1.32 bits per heavy atom. The molecule has 1 fully saturated rings. The lowest BCUT2D eigenvalue weighted by Crippen LogP contribution is -2.37.